The second-order valence-electron chi connectivity index (χ2n) is 7.29. The summed E-state index contributed by atoms with van der Waals surface area (Å²) in [6.45, 7) is 0.561. The Kier molecular flexibility index (Phi) is 3.79. The fourth-order valence-corrected chi connectivity index (χ4v) is 4.13. The minimum absolute atomic E-state index is 0.00534. The van der Waals surface area contributed by atoms with Crippen LogP contribution in [0.15, 0.2) is 61.1 Å². The van der Waals surface area contributed by atoms with Gasteiger partial charge in [0.05, 0.1) is 17.4 Å². The lowest BCUT2D eigenvalue weighted by molar-refractivity contribution is -0.116. The van der Waals surface area contributed by atoms with E-state index in [-0.39, 0.29) is 17.6 Å². The number of nitrogens with one attached hydrogen (secondary N) is 1. The van der Waals surface area contributed by atoms with Crippen LogP contribution in [0.5, 0.6) is 0 Å². The summed E-state index contributed by atoms with van der Waals surface area (Å²) in [5, 5.41) is 8.37. The maximum atomic E-state index is 13.6. The van der Waals surface area contributed by atoms with Gasteiger partial charge in [-0.25, -0.2) is 4.39 Å². The van der Waals surface area contributed by atoms with Crippen LogP contribution in [0.25, 0.3) is 10.9 Å². The molecule has 5 nitrogen and oxygen atoms in total. The number of benzene rings is 2. The van der Waals surface area contributed by atoms with E-state index < -0.39 is 0 Å². The van der Waals surface area contributed by atoms with Gasteiger partial charge in [0.2, 0.25) is 5.91 Å². The van der Waals surface area contributed by atoms with Gasteiger partial charge in [0, 0.05) is 43.7 Å². The Labute approximate surface area is 161 Å². The number of carbonyl (C=O) groups is 1. The summed E-state index contributed by atoms with van der Waals surface area (Å²) in [6.07, 6.45) is 6.24. The van der Waals surface area contributed by atoms with E-state index >= 15 is 0 Å². The smallest absolute Gasteiger partial charge is 0.225 e. The highest BCUT2D eigenvalue weighted by atomic mass is 19.1. The van der Waals surface area contributed by atoms with E-state index in [1.807, 2.05) is 43.7 Å². The van der Waals surface area contributed by atoms with Crippen LogP contribution in [0.3, 0.4) is 0 Å². The van der Waals surface area contributed by atoms with Crippen molar-refractivity contribution in [3.05, 3.63) is 83.6 Å². The lowest BCUT2D eigenvalue weighted by atomic mass is 9.91. The number of rotatable bonds is 3. The zero-order chi connectivity index (χ0) is 19.3. The molecule has 2 aromatic carbocycles. The van der Waals surface area contributed by atoms with Crippen LogP contribution in [-0.4, -0.2) is 20.3 Å². The Balaban J connectivity index is 1.69. The van der Waals surface area contributed by atoms with Crippen LogP contribution in [-0.2, 0) is 18.4 Å². The summed E-state index contributed by atoms with van der Waals surface area (Å²) in [6, 6.07) is 12.6. The van der Waals surface area contributed by atoms with Crippen molar-refractivity contribution < 1.29 is 9.18 Å². The fourth-order valence-electron chi connectivity index (χ4n) is 4.13. The molecule has 0 fully saturated rings. The number of amides is 1. The van der Waals surface area contributed by atoms with Gasteiger partial charge >= 0.3 is 0 Å². The summed E-state index contributed by atoms with van der Waals surface area (Å²) >= 11 is 0. The molecule has 0 bridgehead atoms. The normalized spacial score (nSPS) is 16.2. The molecule has 4 aromatic rings. The summed E-state index contributed by atoms with van der Waals surface area (Å²) < 4.78 is 17.5. The Morgan fingerprint density at radius 3 is 2.86 bits per heavy atom. The van der Waals surface area contributed by atoms with Crippen LogP contribution in [0.2, 0.25) is 0 Å². The second kappa shape index (κ2) is 6.34. The van der Waals surface area contributed by atoms with E-state index in [1.54, 1.807) is 16.8 Å². The fraction of sp³-hybridized carbons (Fsp3) is 0.182. The maximum Gasteiger partial charge on any atom is 0.225 e. The third-order valence-corrected chi connectivity index (χ3v) is 5.34. The van der Waals surface area contributed by atoms with Gasteiger partial charge in [-0.05, 0) is 41.0 Å². The van der Waals surface area contributed by atoms with Crippen molar-refractivity contribution in [2.45, 2.75) is 18.9 Å². The Morgan fingerprint density at radius 1 is 1.21 bits per heavy atom. The average Bonchev–Trinajstić information content (AvgIpc) is 3.21. The van der Waals surface area contributed by atoms with E-state index in [4.69, 9.17) is 0 Å². The minimum Gasteiger partial charge on any atom is -0.343 e. The largest absolute Gasteiger partial charge is 0.343 e. The molecule has 1 amide bonds. The van der Waals surface area contributed by atoms with E-state index in [2.05, 4.69) is 21.2 Å². The standard InChI is InChI=1S/C22H19FN4O/c1-26-12-15(10-24-26)17-9-21(28)25-19-6-3-7-20-22(19)18(17)13-27(20)11-14-4-2-5-16(23)8-14/h2-8,10,12-13,17H,9,11H2,1H3,(H,25,28)/t17-/m0/s1. The number of halogens is 1. The average molecular weight is 374 g/mol. The second-order valence-corrected chi connectivity index (χ2v) is 7.29. The quantitative estimate of drug-likeness (QED) is 0.588. The molecule has 1 atom stereocenters. The molecule has 1 aliphatic heterocycles. The van der Waals surface area contributed by atoms with Crippen molar-refractivity contribution >= 4 is 22.5 Å². The molecule has 28 heavy (non-hydrogen) atoms. The third-order valence-electron chi connectivity index (χ3n) is 5.34. The van der Waals surface area contributed by atoms with E-state index in [9.17, 15) is 9.18 Å². The summed E-state index contributed by atoms with van der Waals surface area (Å²) in [5.41, 5.74) is 4.84. The Bertz CT molecular complexity index is 1210. The van der Waals surface area contributed by atoms with Crippen molar-refractivity contribution in [2.24, 2.45) is 7.05 Å². The molecule has 2 aromatic heterocycles. The van der Waals surface area contributed by atoms with Crippen molar-refractivity contribution in [1.82, 2.24) is 14.3 Å². The van der Waals surface area contributed by atoms with E-state index in [1.165, 1.54) is 6.07 Å². The first-order valence-electron chi connectivity index (χ1n) is 9.23. The maximum absolute atomic E-state index is 13.6. The zero-order valence-electron chi connectivity index (χ0n) is 15.4. The molecule has 140 valence electrons. The molecular weight excluding hydrogens is 355 g/mol. The van der Waals surface area contributed by atoms with Gasteiger partial charge in [-0.15, -0.1) is 0 Å². The highest BCUT2D eigenvalue weighted by Crippen LogP contribution is 2.40. The molecule has 5 rings (SSSR count). The van der Waals surface area contributed by atoms with Crippen molar-refractivity contribution in [1.29, 1.82) is 0 Å². The number of nitrogens with zero attached hydrogens (tertiary/aromatic N) is 3. The number of anilines is 1. The van der Waals surface area contributed by atoms with E-state index in [0.717, 1.165) is 33.3 Å². The first kappa shape index (κ1) is 16.7. The van der Waals surface area contributed by atoms with Crippen LogP contribution in [0, 0.1) is 5.82 Å². The predicted molar refractivity (Wildman–Crippen MR) is 106 cm³/mol. The summed E-state index contributed by atoms with van der Waals surface area (Å²) in [5.74, 6) is -0.320. The summed E-state index contributed by atoms with van der Waals surface area (Å²) in [4.78, 5) is 12.5. The third kappa shape index (κ3) is 2.78. The van der Waals surface area contributed by atoms with Gasteiger partial charge in [0.25, 0.3) is 0 Å². The van der Waals surface area contributed by atoms with Crippen molar-refractivity contribution in [3.63, 3.8) is 0 Å². The minimum atomic E-state index is -0.239. The van der Waals surface area contributed by atoms with Gasteiger partial charge in [0.1, 0.15) is 5.82 Å². The zero-order valence-corrected chi connectivity index (χ0v) is 15.4. The number of hydrogen-bond acceptors (Lipinski definition) is 2. The molecule has 0 saturated heterocycles. The Morgan fingerprint density at radius 2 is 2.07 bits per heavy atom. The molecule has 6 heteroatoms. The number of aromatic nitrogens is 3. The van der Waals surface area contributed by atoms with Crippen LogP contribution >= 0.6 is 0 Å². The number of aryl methyl sites for hydroxylation is 1. The van der Waals surface area contributed by atoms with Gasteiger partial charge in [-0.2, -0.15) is 5.10 Å². The molecule has 3 heterocycles. The van der Waals surface area contributed by atoms with Gasteiger partial charge in [0.15, 0.2) is 0 Å². The monoisotopic (exact) mass is 374 g/mol. The predicted octanol–water partition coefficient (Wildman–Crippen LogP) is 4.04. The first-order valence-corrected chi connectivity index (χ1v) is 9.23. The highest BCUT2D eigenvalue weighted by Gasteiger charge is 2.28. The molecule has 0 radical (unpaired) electrons. The van der Waals surface area contributed by atoms with Gasteiger partial charge in [-0.1, -0.05) is 18.2 Å². The van der Waals surface area contributed by atoms with Crippen LogP contribution < -0.4 is 5.32 Å². The molecule has 0 spiro atoms. The van der Waals surface area contributed by atoms with E-state index in [0.29, 0.717) is 13.0 Å². The topological polar surface area (TPSA) is 51.9 Å². The number of hydrogen-bond donors (Lipinski definition) is 1. The molecular formula is C22H19FN4O. The summed E-state index contributed by atoms with van der Waals surface area (Å²) in [7, 11) is 1.87. The van der Waals surface area contributed by atoms with Crippen molar-refractivity contribution in [2.75, 3.05) is 5.32 Å². The molecule has 1 N–H and O–H groups in total. The lowest BCUT2D eigenvalue weighted by Crippen LogP contribution is -2.13. The highest BCUT2D eigenvalue weighted by molar-refractivity contribution is 6.06. The molecule has 1 aliphatic rings. The first-order chi connectivity index (χ1) is 13.6. The number of carbonyl (C=O) groups excluding carboxylic acids is 1. The molecule has 0 aliphatic carbocycles. The lowest BCUT2D eigenvalue weighted by Gasteiger charge is -2.11. The SMILES string of the molecule is Cn1cc([C@@H]2CC(=O)Nc3cccc4c3c2cn4Cc2cccc(F)c2)cn1. The van der Waals surface area contributed by atoms with Crippen LogP contribution in [0.1, 0.15) is 29.0 Å². The Hall–Kier alpha value is -3.41. The van der Waals surface area contributed by atoms with Gasteiger partial charge in [-0.3, -0.25) is 9.48 Å². The van der Waals surface area contributed by atoms with Crippen molar-refractivity contribution in [3.8, 4) is 0 Å². The van der Waals surface area contributed by atoms with Crippen LogP contribution in [0.4, 0.5) is 10.1 Å². The van der Waals surface area contributed by atoms with Gasteiger partial charge < -0.3 is 9.88 Å². The molecule has 0 saturated carbocycles. The molecule has 0 unspecified atom stereocenters.